The molecule has 0 aromatic heterocycles. The molecule has 9 heteroatoms. The lowest BCUT2D eigenvalue weighted by molar-refractivity contribution is -0.121. The molecule has 2 aromatic rings. The molecule has 0 saturated carbocycles. The predicted octanol–water partition coefficient (Wildman–Crippen LogP) is 2.04. The van der Waals surface area contributed by atoms with Gasteiger partial charge >= 0.3 is 0 Å². The summed E-state index contributed by atoms with van der Waals surface area (Å²) in [5.41, 5.74) is 4.54. The summed E-state index contributed by atoms with van der Waals surface area (Å²) >= 11 is 0. The lowest BCUT2D eigenvalue weighted by Gasteiger charge is -2.12. The van der Waals surface area contributed by atoms with E-state index in [9.17, 15) is 19.5 Å². The number of hydrogen-bond acceptors (Lipinski definition) is 6. The molecular weight excluding hydrogens is 450 g/mol. The highest BCUT2D eigenvalue weighted by Crippen LogP contribution is 2.47. The number of amides is 3. The van der Waals surface area contributed by atoms with Gasteiger partial charge in [0.2, 0.25) is 11.8 Å². The number of hydrogen-bond donors (Lipinski definition) is 4. The Labute approximate surface area is 205 Å². The van der Waals surface area contributed by atoms with E-state index in [0.29, 0.717) is 44.0 Å². The van der Waals surface area contributed by atoms with E-state index in [1.807, 2.05) is 24.3 Å². The fraction of sp³-hybridized carbons (Fsp3) is 0.423. The first-order valence-corrected chi connectivity index (χ1v) is 11.7. The molecule has 1 unspecified atom stereocenters. The number of anilines is 1. The molecule has 0 radical (unpaired) electrons. The summed E-state index contributed by atoms with van der Waals surface area (Å²) < 4.78 is 9.89. The Morgan fingerprint density at radius 1 is 0.914 bits per heavy atom. The average Bonchev–Trinajstić information content (AvgIpc) is 3.17. The van der Waals surface area contributed by atoms with Gasteiger partial charge in [-0.1, -0.05) is 18.2 Å². The first kappa shape index (κ1) is 26.3. The topological polar surface area (TPSA) is 126 Å². The summed E-state index contributed by atoms with van der Waals surface area (Å²) in [6, 6.07) is 11.0. The number of nitrogens with one attached hydrogen (secondary N) is 3. The molecule has 1 aliphatic rings. The van der Waals surface area contributed by atoms with Gasteiger partial charge < -0.3 is 30.5 Å². The van der Waals surface area contributed by atoms with Gasteiger partial charge in [0.05, 0.1) is 19.8 Å². The van der Waals surface area contributed by atoms with Crippen molar-refractivity contribution in [2.45, 2.75) is 25.2 Å². The van der Waals surface area contributed by atoms with Crippen molar-refractivity contribution in [3.63, 3.8) is 0 Å². The standard InChI is InChI=1S/C26H33N3O6/c1-34-13-11-27-23(31)7-4-8-24(32)29-17-9-10-19-21(15-17)22(16-30)18-5-3-6-20(25(18)19)26(33)28-12-14-35-2/h3,5-6,9-10,15,22,30H,4,7-8,11-14,16H2,1-2H3,(H,27,31)(H,28,33)(H,29,32). The maximum absolute atomic E-state index is 12.8. The van der Waals surface area contributed by atoms with Crippen molar-refractivity contribution in [2.24, 2.45) is 0 Å². The number of benzene rings is 2. The minimum Gasteiger partial charge on any atom is -0.395 e. The molecule has 2 aromatic carbocycles. The van der Waals surface area contributed by atoms with Crippen molar-refractivity contribution in [3.8, 4) is 11.1 Å². The summed E-state index contributed by atoms with van der Waals surface area (Å²) in [6.45, 7) is 1.59. The molecular formula is C26H33N3O6. The van der Waals surface area contributed by atoms with Crippen molar-refractivity contribution in [3.05, 3.63) is 53.1 Å². The third-order valence-electron chi connectivity index (χ3n) is 5.91. The van der Waals surface area contributed by atoms with Crippen molar-refractivity contribution >= 4 is 23.4 Å². The van der Waals surface area contributed by atoms with E-state index in [2.05, 4.69) is 16.0 Å². The van der Waals surface area contributed by atoms with Gasteiger partial charge in [-0.05, 0) is 46.9 Å². The summed E-state index contributed by atoms with van der Waals surface area (Å²) in [5, 5.41) is 18.6. The Morgan fingerprint density at radius 3 is 2.34 bits per heavy atom. The summed E-state index contributed by atoms with van der Waals surface area (Å²) in [6.07, 6.45) is 0.907. The highest BCUT2D eigenvalue weighted by molar-refractivity contribution is 6.04. The molecule has 9 nitrogen and oxygen atoms in total. The van der Waals surface area contributed by atoms with E-state index in [4.69, 9.17) is 9.47 Å². The molecule has 0 heterocycles. The molecule has 1 atom stereocenters. The van der Waals surface area contributed by atoms with Crippen LogP contribution >= 0.6 is 0 Å². The van der Waals surface area contributed by atoms with Gasteiger partial charge in [-0.3, -0.25) is 14.4 Å². The van der Waals surface area contributed by atoms with Crippen LogP contribution in [0.4, 0.5) is 5.69 Å². The van der Waals surface area contributed by atoms with Gasteiger partial charge in [0.1, 0.15) is 0 Å². The number of rotatable bonds is 13. The Hall–Kier alpha value is -3.27. The molecule has 3 rings (SSSR count). The molecule has 1 aliphatic carbocycles. The van der Waals surface area contributed by atoms with Gasteiger partial charge in [-0.15, -0.1) is 0 Å². The van der Waals surface area contributed by atoms with Crippen molar-refractivity contribution in [2.75, 3.05) is 52.4 Å². The normalized spacial score (nSPS) is 13.6. The second-order valence-electron chi connectivity index (χ2n) is 8.30. The van der Waals surface area contributed by atoms with Gasteiger partial charge in [-0.25, -0.2) is 0 Å². The van der Waals surface area contributed by atoms with Crippen LogP contribution in [0.25, 0.3) is 11.1 Å². The lowest BCUT2D eigenvalue weighted by Crippen LogP contribution is -2.27. The molecule has 4 N–H and O–H groups in total. The predicted molar refractivity (Wildman–Crippen MR) is 132 cm³/mol. The summed E-state index contributed by atoms with van der Waals surface area (Å²) in [4.78, 5) is 37.0. The van der Waals surface area contributed by atoms with Crippen molar-refractivity contribution in [1.29, 1.82) is 0 Å². The molecule has 0 fully saturated rings. The first-order chi connectivity index (χ1) is 17.0. The van der Waals surface area contributed by atoms with Crippen LogP contribution in [0, 0.1) is 0 Å². The van der Waals surface area contributed by atoms with Gasteiger partial charge in [0.15, 0.2) is 0 Å². The minimum atomic E-state index is -0.292. The fourth-order valence-electron chi connectivity index (χ4n) is 4.25. The minimum absolute atomic E-state index is 0.113. The van der Waals surface area contributed by atoms with Gasteiger partial charge in [-0.2, -0.15) is 0 Å². The van der Waals surface area contributed by atoms with E-state index in [1.54, 1.807) is 26.4 Å². The SMILES string of the molecule is COCCNC(=O)CCCC(=O)Nc1ccc2c(c1)C(CO)c1cccc(C(=O)NCCOC)c1-2. The van der Waals surface area contributed by atoms with Gasteiger partial charge in [0, 0.05) is 57.3 Å². The zero-order chi connectivity index (χ0) is 25.2. The van der Waals surface area contributed by atoms with Crippen LogP contribution in [0.2, 0.25) is 0 Å². The first-order valence-electron chi connectivity index (χ1n) is 11.7. The van der Waals surface area contributed by atoms with Crippen molar-refractivity contribution in [1.82, 2.24) is 10.6 Å². The number of fused-ring (bicyclic) bond motifs is 3. The van der Waals surface area contributed by atoms with Crippen LogP contribution in [-0.2, 0) is 19.1 Å². The largest absolute Gasteiger partial charge is 0.395 e. The maximum atomic E-state index is 12.8. The second kappa shape index (κ2) is 13.0. The zero-order valence-electron chi connectivity index (χ0n) is 20.2. The monoisotopic (exact) mass is 483 g/mol. The number of aliphatic hydroxyl groups is 1. The zero-order valence-corrected chi connectivity index (χ0v) is 20.2. The maximum Gasteiger partial charge on any atom is 0.252 e. The van der Waals surface area contributed by atoms with Crippen LogP contribution in [0.3, 0.4) is 0 Å². The summed E-state index contributed by atoms with van der Waals surface area (Å²) in [7, 11) is 3.14. The Morgan fingerprint density at radius 2 is 1.63 bits per heavy atom. The smallest absolute Gasteiger partial charge is 0.252 e. The van der Waals surface area contributed by atoms with Crippen LogP contribution in [0.5, 0.6) is 0 Å². The Balaban J connectivity index is 1.68. The highest BCUT2D eigenvalue weighted by Gasteiger charge is 2.31. The third-order valence-corrected chi connectivity index (χ3v) is 5.91. The third kappa shape index (κ3) is 6.66. The van der Waals surface area contributed by atoms with Crippen LogP contribution < -0.4 is 16.0 Å². The molecule has 0 saturated heterocycles. The highest BCUT2D eigenvalue weighted by atomic mass is 16.5. The van der Waals surface area contributed by atoms with E-state index in [0.717, 1.165) is 22.3 Å². The van der Waals surface area contributed by atoms with Crippen LogP contribution in [-0.4, -0.2) is 70.0 Å². The number of methoxy groups -OCH3 is 2. The second-order valence-corrected chi connectivity index (χ2v) is 8.30. The molecule has 3 amide bonds. The van der Waals surface area contributed by atoms with Gasteiger partial charge in [0.25, 0.3) is 5.91 Å². The fourth-order valence-corrected chi connectivity index (χ4v) is 4.25. The summed E-state index contributed by atoms with van der Waals surface area (Å²) in [5.74, 6) is -0.798. The molecule has 0 aliphatic heterocycles. The van der Waals surface area contributed by atoms with Crippen LogP contribution in [0.1, 0.15) is 46.7 Å². The Kier molecular flexibility index (Phi) is 9.77. The van der Waals surface area contributed by atoms with E-state index < -0.39 is 0 Å². The molecule has 188 valence electrons. The van der Waals surface area contributed by atoms with E-state index in [1.165, 1.54) is 0 Å². The number of aliphatic hydroxyl groups excluding tert-OH is 1. The number of ether oxygens (including phenoxy) is 2. The van der Waals surface area contributed by atoms with E-state index >= 15 is 0 Å². The molecule has 0 bridgehead atoms. The lowest BCUT2D eigenvalue weighted by atomic mass is 9.96. The van der Waals surface area contributed by atoms with Crippen LogP contribution in [0.15, 0.2) is 36.4 Å². The number of carbonyl (C=O) groups is 3. The molecule has 0 spiro atoms. The van der Waals surface area contributed by atoms with E-state index in [-0.39, 0.29) is 43.1 Å². The average molecular weight is 484 g/mol. The Bertz CT molecular complexity index is 1060. The van der Waals surface area contributed by atoms with Crippen molar-refractivity contribution < 1.29 is 29.0 Å². The number of carbonyl (C=O) groups excluding carboxylic acids is 3. The molecule has 35 heavy (non-hydrogen) atoms. The quantitative estimate of drug-likeness (QED) is 0.323.